The fourth-order valence-corrected chi connectivity index (χ4v) is 1.87. The van der Waals surface area contributed by atoms with E-state index >= 15 is 0 Å². The highest BCUT2D eigenvalue weighted by atomic mass is 35.5. The molecule has 0 saturated heterocycles. The Labute approximate surface area is 112 Å². The number of oxazole rings is 1. The Bertz CT molecular complexity index is 625. The SMILES string of the molecule is O=C(S)CC(C(=O)O)c1nc2cc(Cl)ccc2o1. The minimum Gasteiger partial charge on any atom is -0.481 e. The molecular weight excluding hydrogens is 278 g/mol. The van der Waals surface area contributed by atoms with Crippen molar-refractivity contribution in [3.05, 3.63) is 29.1 Å². The van der Waals surface area contributed by atoms with Gasteiger partial charge in [0.05, 0.1) is 0 Å². The molecule has 2 aromatic rings. The lowest BCUT2D eigenvalue weighted by Gasteiger charge is -2.04. The monoisotopic (exact) mass is 285 g/mol. The molecule has 0 amide bonds. The van der Waals surface area contributed by atoms with Gasteiger partial charge < -0.3 is 9.52 Å². The van der Waals surface area contributed by atoms with E-state index in [1.54, 1.807) is 18.2 Å². The number of aliphatic carboxylic acids is 1. The van der Waals surface area contributed by atoms with Crippen LogP contribution in [-0.2, 0) is 9.59 Å². The van der Waals surface area contributed by atoms with Gasteiger partial charge >= 0.3 is 5.97 Å². The molecule has 1 aromatic carbocycles. The van der Waals surface area contributed by atoms with E-state index in [2.05, 4.69) is 17.6 Å². The van der Waals surface area contributed by atoms with Gasteiger partial charge in [0.2, 0.25) is 5.89 Å². The fraction of sp³-hybridized carbons (Fsp3) is 0.182. The molecule has 7 heteroatoms. The number of carbonyl (C=O) groups excluding carboxylic acids is 1. The number of nitrogens with zero attached hydrogens (tertiary/aromatic N) is 1. The number of carbonyl (C=O) groups is 2. The van der Waals surface area contributed by atoms with Crippen LogP contribution in [0.15, 0.2) is 22.6 Å². The number of benzene rings is 1. The molecule has 0 radical (unpaired) electrons. The molecule has 0 saturated carbocycles. The van der Waals surface area contributed by atoms with Crippen LogP contribution in [0, 0.1) is 0 Å². The molecule has 0 aliphatic heterocycles. The topological polar surface area (TPSA) is 80.4 Å². The van der Waals surface area contributed by atoms with Crippen molar-refractivity contribution < 1.29 is 19.1 Å². The maximum atomic E-state index is 11.1. The quantitative estimate of drug-likeness (QED) is 0.844. The Kier molecular flexibility index (Phi) is 3.58. The number of hydrogen-bond donors (Lipinski definition) is 2. The zero-order valence-electron chi connectivity index (χ0n) is 8.96. The molecule has 0 aliphatic rings. The number of thiol groups is 1. The van der Waals surface area contributed by atoms with E-state index in [9.17, 15) is 9.59 Å². The summed E-state index contributed by atoms with van der Waals surface area (Å²) in [6, 6.07) is 4.76. The number of hydrogen-bond acceptors (Lipinski definition) is 4. The number of halogens is 1. The van der Waals surface area contributed by atoms with E-state index in [0.29, 0.717) is 16.1 Å². The van der Waals surface area contributed by atoms with E-state index < -0.39 is 17.0 Å². The van der Waals surface area contributed by atoms with Crippen molar-refractivity contribution in [2.75, 3.05) is 0 Å². The van der Waals surface area contributed by atoms with Gasteiger partial charge in [-0.15, -0.1) is 12.6 Å². The summed E-state index contributed by atoms with van der Waals surface area (Å²) in [6.45, 7) is 0. The lowest BCUT2D eigenvalue weighted by molar-refractivity contribution is -0.140. The van der Waals surface area contributed by atoms with E-state index in [4.69, 9.17) is 21.1 Å². The van der Waals surface area contributed by atoms with Crippen molar-refractivity contribution >= 4 is 46.4 Å². The Morgan fingerprint density at radius 2 is 2.22 bits per heavy atom. The van der Waals surface area contributed by atoms with Crippen LogP contribution in [0.3, 0.4) is 0 Å². The van der Waals surface area contributed by atoms with Crippen LogP contribution in [0.2, 0.25) is 5.02 Å². The van der Waals surface area contributed by atoms with Crippen molar-refractivity contribution in [2.45, 2.75) is 12.3 Å². The van der Waals surface area contributed by atoms with Gasteiger partial charge in [-0.2, -0.15) is 0 Å². The molecule has 1 heterocycles. The first-order chi connectivity index (χ1) is 8.47. The van der Waals surface area contributed by atoms with Crippen molar-refractivity contribution in [2.24, 2.45) is 0 Å². The van der Waals surface area contributed by atoms with Crippen molar-refractivity contribution in [1.82, 2.24) is 4.98 Å². The molecule has 18 heavy (non-hydrogen) atoms. The van der Waals surface area contributed by atoms with Gasteiger partial charge in [0, 0.05) is 11.4 Å². The summed E-state index contributed by atoms with van der Waals surface area (Å²) in [6.07, 6.45) is -0.279. The molecule has 0 fully saturated rings. The summed E-state index contributed by atoms with van der Waals surface area (Å²) in [7, 11) is 0. The van der Waals surface area contributed by atoms with Gasteiger partial charge in [0.25, 0.3) is 0 Å². The summed E-state index contributed by atoms with van der Waals surface area (Å²) in [4.78, 5) is 26.0. The van der Waals surface area contributed by atoms with Gasteiger partial charge in [0.1, 0.15) is 11.4 Å². The van der Waals surface area contributed by atoms with Crippen LogP contribution >= 0.6 is 24.2 Å². The molecule has 0 bridgehead atoms. The first-order valence-electron chi connectivity index (χ1n) is 4.98. The third kappa shape index (κ3) is 2.65. The number of fused-ring (bicyclic) bond motifs is 1. The largest absolute Gasteiger partial charge is 0.481 e. The van der Waals surface area contributed by atoms with E-state index in [0.717, 1.165) is 0 Å². The first kappa shape index (κ1) is 12.9. The van der Waals surface area contributed by atoms with E-state index in [1.165, 1.54) is 0 Å². The normalized spacial score (nSPS) is 12.6. The number of aromatic nitrogens is 1. The van der Waals surface area contributed by atoms with Crippen LogP contribution in [0.4, 0.5) is 0 Å². The summed E-state index contributed by atoms with van der Waals surface area (Å²) in [5.74, 6) is -2.35. The fourth-order valence-electron chi connectivity index (χ4n) is 1.52. The summed E-state index contributed by atoms with van der Waals surface area (Å²) < 4.78 is 5.31. The van der Waals surface area contributed by atoms with Crippen LogP contribution in [0.25, 0.3) is 11.1 Å². The second-order valence-corrected chi connectivity index (χ2v) is 4.59. The Balaban J connectivity index is 2.44. The molecule has 2 rings (SSSR count). The van der Waals surface area contributed by atoms with Gasteiger partial charge in [-0.25, -0.2) is 4.98 Å². The van der Waals surface area contributed by atoms with Gasteiger partial charge in [-0.1, -0.05) is 11.6 Å². The molecule has 1 N–H and O–H groups in total. The summed E-state index contributed by atoms with van der Waals surface area (Å²) in [5.41, 5.74) is 0.877. The van der Waals surface area contributed by atoms with Crippen molar-refractivity contribution in [3.63, 3.8) is 0 Å². The second-order valence-electron chi connectivity index (χ2n) is 3.65. The minimum absolute atomic E-state index is 0.0258. The predicted octanol–water partition coefficient (Wildman–Crippen LogP) is 2.50. The number of carboxylic acid groups (broad SMARTS) is 1. The summed E-state index contributed by atoms with van der Waals surface area (Å²) in [5, 5.41) is 8.98. The average molecular weight is 286 g/mol. The third-order valence-electron chi connectivity index (χ3n) is 2.34. The van der Waals surface area contributed by atoms with Gasteiger partial charge in [0.15, 0.2) is 10.7 Å². The lowest BCUT2D eigenvalue weighted by atomic mass is 10.1. The number of carboxylic acids is 1. The zero-order valence-corrected chi connectivity index (χ0v) is 10.6. The van der Waals surface area contributed by atoms with E-state index in [1.807, 2.05) is 0 Å². The predicted molar refractivity (Wildman–Crippen MR) is 68.0 cm³/mol. The maximum absolute atomic E-state index is 11.1. The van der Waals surface area contributed by atoms with Crippen molar-refractivity contribution in [1.29, 1.82) is 0 Å². The van der Waals surface area contributed by atoms with Gasteiger partial charge in [-0.05, 0) is 18.2 Å². The lowest BCUT2D eigenvalue weighted by Crippen LogP contribution is -2.14. The van der Waals surface area contributed by atoms with E-state index in [-0.39, 0.29) is 12.3 Å². The second kappa shape index (κ2) is 4.99. The molecular formula is C11H8ClNO4S. The highest BCUT2D eigenvalue weighted by Crippen LogP contribution is 2.26. The first-order valence-corrected chi connectivity index (χ1v) is 5.80. The standard InChI is InChI=1S/C11H8ClNO4S/c12-5-1-2-8-7(3-5)13-10(17-8)6(11(15)16)4-9(14)18/h1-3,6H,4H2,(H,14,18)(H,15,16). The molecule has 1 aromatic heterocycles. The third-order valence-corrected chi connectivity index (χ3v) is 2.76. The average Bonchev–Trinajstić information content (AvgIpc) is 2.67. The molecule has 0 aliphatic carbocycles. The molecule has 94 valence electrons. The van der Waals surface area contributed by atoms with Crippen LogP contribution < -0.4 is 0 Å². The van der Waals surface area contributed by atoms with Crippen LogP contribution in [-0.4, -0.2) is 21.2 Å². The summed E-state index contributed by atoms with van der Waals surface area (Å²) >= 11 is 9.36. The Morgan fingerprint density at radius 3 is 2.83 bits per heavy atom. The Hall–Kier alpha value is -1.53. The molecule has 1 unspecified atom stereocenters. The zero-order chi connectivity index (χ0) is 13.3. The van der Waals surface area contributed by atoms with Gasteiger partial charge in [-0.3, -0.25) is 9.59 Å². The molecule has 0 spiro atoms. The number of rotatable bonds is 4. The minimum atomic E-state index is -1.19. The van der Waals surface area contributed by atoms with Crippen molar-refractivity contribution in [3.8, 4) is 0 Å². The maximum Gasteiger partial charge on any atom is 0.316 e. The Morgan fingerprint density at radius 1 is 1.50 bits per heavy atom. The highest BCUT2D eigenvalue weighted by molar-refractivity contribution is 7.96. The van der Waals surface area contributed by atoms with Crippen LogP contribution in [0.1, 0.15) is 18.2 Å². The molecule has 5 nitrogen and oxygen atoms in total. The van der Waals surface area contributed by atoms with Crippen LogP contribution in [0.5, 0.6) is 0 Å². The highest BCUT2D eigenvalue weighted by Gasteiger charge is 2.27. The molecule has 1 atom stereocenters. The smallest absolute Gasteiger partial charge is 0.316 e.